The number of hydrogen-bond donors (Lipinski definition) is 2. The number of ether oxygens (including phenoxy) is 1. The Morgan fingerprint density at radius 2 is 2.07 bits per heavy atom. The van der Waals surface area contributed by atoms with Gasteiger partial charge in [0.2, 0.25) is 0 Å². The molecule has 0 radical (unpaired) electrons. The van der Waals surface area contributed by atoms with Crippen molar-refractivity contribution in [2.75, 3.05) is 46.4 Å². The van der Waals surface area contributed by atoms with Crippen molar-refractivity contribution >= 4 is 17.3 Å². The lowest BCUT2D eigenvalue weighted by atomic mass is 10.1. The van der Waals surface area contributed by atoms with E-state index in [1.165, 1.54) is 4.88 Å². The predicted molar refractivity (Wildman–Crippen MR) is 120 cm³/mol. The third kappa shape index (κ3) is 7.03. The van der Waals surface area contributed by atoms with Gasteiger partial charge in [-0.05, 0) is 46.1 Å². The fraction of sp³-hybridized carbons (Fsp3) is 0.762. The van der Waals surface area contributed by atoms with Crippen LogP contribution in [-0.4, -0.2) is 80.3 Å². The van der Waals surface area contributed by atoms with E-state index < -0.39 is 0 Å². The maximum atomic E-state index is 5.74. The summed E-state index contributed by atoms with van der Waals surface area (Å²) in [5.41, 5.74) is 0. The number of guanidine groups is 1. The molecule has 0 bridgehead atoms. The highest BCUT2D eigenvalue weighted by molar-refractivity contribution is 7.10. The Morgan fingerprint density at radius 1 is 1.32 bits per heavy atom. The van der Waals surface area contributed by atoms with Crippen LogP contribution in [0.25, 0.3) is 0 Å². The van der Waals surface area contributed by atoms with Crippen molar-refractivity contribution in [3.05, 3.63) is 22.4 Å². The normalized spacial score (nSPS) is 20.2. The minimum Gasteiger partial charge on any atom is -0.376 e. The number of aliphatic imine (C=N–C) groups is 1. The molecule has 1 aliphatic heterocycles. The van der Waals surface area contributed by atoms with E-state index in [4.69, 9.17) is 4.74 Å². The number of hydrogen-bond acceptors (Lipinski definition) is 5. The van der Waals surface area contributed by atoms with Gasteiger partial charge in [0, 0.05) is 56.7 Å². The summed E-state index contributed by atoms with van der Waals surface area (Å²) < 4.78 is 5.74. The average Bonchev–Trinajstić information content (AvgIpc) is 3.17. The molecule has 2 atom stereocenters. The third-order valence-electron chi connectivity index (χ3n) is 5.26. The van der Waals surface area contributed by atoms with Gasteiger partial charge in [-0.2, -0.15) is 0 Å². The number of thiophene rings is 1. The van der Waals surface area contributed by atoms with E-state index in [0.717, 1.165) is 45.3 Å². The summed E-state index contributed by atoms with van der Waals surface area (Å²) in [6.45, 7) is 16.6. The summed E-state index contributed by atoms with van der Waals surface area (Å²) in [4.78, 5) is 10.8. The quantitative estimate of drug-likeness (QED) is 0.485. The second-order valence-corrected chi connectivity index (χ2v) is 8.99. The van der Waals surface area contributed by atoms with Gasteiger partial charge < -0.3 is 15.4 Å². The van der Waals surface area contributed by atoms with Crippen LogP contribution in [0.4, 0.5) is 0 Å². The fourth-order valence-corrected chi connectivity index (χ4v) is 4.71. The molecule has 2 unspecified atom stereocenters. The van der Waals surface area contributed by atoms with Gasteiger partial charge in [0.05, 0.1) is 18.8 Å². The molecule has 1 aromatic rings. The number of nitrogens with zero attached hydrogens (tertiary/aromatic N) is 3. The molecule has 28 heavy (non-hydrogen) atoms. The molecule has 1 saturated heterocycles. The van der Waals surface area contributed by atoms with E-state index in [9.17, 15) is 0 Å². The summed E-state index contributed by atoms with van der Waals surface area (Å²) in [6.07, 6.45) is 0.284. The first kappa shape index (κ1) is 23.1. The zero-order valence-electron chi connectivity index (χ0n) is 18.4. The van der Waals surface area contributed by atoms with Crippen molar-refractivity contribution in [1.29, 1.82) is 0 Å². The molecule has 2 heterocycles. The van der Waals surface area contributed by atoms with E-state index in [2.05, 4.69) is 77.6 Å². The Kier molecular flexibility index (Phi) is 9.71. The molecular formula is C21H39N5OS. The number of morpholine rings is 1. The highest BCUT2D eigenvalue weighted by Crippen LogP contribution is 2.26. The zero-order chi connectivity index (χ0) is 20.5. The van der Waals surface area contributed by atoms with Gasteiger partial charge in [-0.3, -0.25) is 14.8 Å². The first-order chi connectivity index (χ1) is 13.4. The van der Waals surface area contributed by atoms with Crippen molar-refractivity contribution in [3.63, 3.8) is 0 Å². The Labute approximate surface area is 175 Å². The van der Waals surface area contributed by atoms with Gasteiger partial charge in [0.1, 0.15) is 0 Å². The minimum absolute atomic E-state index is 0.284. The van der Waals surface area contributed by atoms with Crippen LogP contribution in [0.15, 0.2) is 22.5 Å². The van der Waals surface area contributed by atoms with Gasteiger partial charge in [-0.15, -0.1) is 11.3 Å². The largest absolute Gasteiger partial charge is 0.376 e. The van der Waals surface area contributed by atoms with Crippen LogP contribution in [0.1, 0.15) is 45.5 Å². The lowest BCUT2D eigenvalue weighted by Gasteiger charge is -2.37. The van der Waals surface area contributed by atoms with Crippen LogP contribution in [0.5, 0.6) is 0 Å². The highest BCUT2D eigenvalue weighted by Gasteiger charge is 2.26. The monoisotopic (exact) mass is 409 g/mol. The van der Waals surface area contributed by atoms with Crippen LogP contribution in [-0.2, 0) is 4.74 Å². The summed E-state index contributed by atoms with van der Waals surface area (Å²) in [6, 6.07) is 5.80. The predicted octanol–water partition coefficient (Wildman–Crippen LogP) is 2.79. The molecule has 2 rings (SSSR count). The van der Waals surface area contributed by atoms with Crippen molar-refractivity contribution < 1.29 is 4.74 Å². The molecule has 0 spiro atoms. The van der Waals surface area contributed by atoms with Crippen molar-refractivity contribution in [2.45, 2.75) is 58.8 Å². The van der Waals surface area contributed by atoms with E-state index in [1.807, 2.05) is 18.4 Å². The maximum Gasteiger partial charge on any atom is 0.191 e. The molecule has 0 amide bonds. The highest BCUT2D eigenvalue weighted by atomic mass is 32.1. The van der Waals surface area contributed by atoms with E-state index in [-0.39, 0.29) is 6.10 Å². The van der Waals surface area contributed by atoms with E-state index >= 15 is 0 Å². The Hall–Kier alpha value is -1.15. The topological polar surface area (TPSA) is 52.1 Å². The molecule has 1 fully saturated rings. The van der Waals surface area contributed by atoms with E-state index in [1.54, 1.807) is 0 Å². The lowest BCUT2D eigenvalue weighted by Crippen LogP contribution is -2.49. The SMILES string of the molecule is CN=C(NCCN(C(C)C)C(C)C)NCC(c1cccs1)N1CCOC(C)C1. The molecule has 2 N–H and O–H groups in total. The zero-order valence-corrected chi connectivity index (χ0v) is 19.3. The molecule has 1 aromatic heterocycles. The fourth-order valence-electron chi connectivity index (χ4n) is 3.85. The van der Waals surface area contributed by atoms with Gasteiger partial charge in [0.25, 0.3) is 0 Å². The third-order valence-corrected chi connectivity index (χ3v) is 6.23. The van der Waals surface area contributed by atoms with Gasteiger partial charge >= 0.3 is 0 Å². The minimum atomic E-state index is 0.284. The molecule has 7 heteroatoms. The number of rotatable bonds is 9. The molecule has 0 saturated carbocycles. The second-order valence-electron chi connectivity index (χ2n) is 8.01. The first-order valence-electron chi connectivity index (χ1n) is 10.5. The van der Waals surface area contributed by atoms with Crippen molar-refractivity contribution in [3.8, 4) is 0 Å². The van der Waals surface area contributed by atoms with Gasteiger partial charge in [-0.25, -0.2) is 0 Å². The molecule has 160 valence electrons. The van der Waals surface area contributed by atoms with Crippen molar-refractivity contribution in [2.24, 2.45) is 4.99 Å². The Bertz CT molecular complexity index is 567. The lowest BCUT2D eigenvalue weighted by molar-refractivity contribution is -0.0334. The first-order valence-corrected chi connectivity index (χ1v) is 11.4. The standard InChI is InChI=1S/C21H39N5OS/c1-16(2)26(17(3)4)10-9-23-21(22-6)24-14-19(20-8-7-13-28-20)25-11-12-27-18(5)15-25/h7-8,13,16-19H,9-12,14-15H2,1-6H3,(H2,22,23,24). The van der Waals surface area contributed by atoms with E-state index in [0.29, 0.717) is 18.1 Å². The maximum absolute atomic E-state index is 5.74. The second kappa shape index (κ2) is 11.8. The van der Waals surface area contributed by atoms with Gasteiger partial charge in [-0.1, -0.05) is 6.07 Å². The van der Waals surface area contributed by atoms with Crippen LogP contribution in [0.3, 0.4) is 0 Å². The number of nitrogens with one attached hydrogen (secondary N) is 2. The Morgan fingerprint density at radius 3 is 2.64 bits per heavy atom. The van der Waals surface area contributed by atoms with Crippen molar-refractivity contribution in [1.82, 2.24) is 20.4 Å². The van der Waals surface area contributed by atoms with Crippen LogP contribution < -0.4 is 10.6 Å². The summed E-state index contributed by atoms with van der Waals surface area (Å²) in [5, 5.41) is 9.18. The smallest absolute Gasteiger partial charge is 0.191 e. The molecule has 1 aliphatic rings. The summed E-state index contributed by atoms with van der Waals surface area (Å²) >= 11 is 1.82. The Balaban J connectivity index is 1.89. The molecule has 6 nitrogen and oxygen atoms in total. The summed E-state index contributed by atoms with van der Waals surface area (Å²) in [5.74, 6) is 0.871. The summed E-state index contributed by atoms with van der Waals surface area (Å²) in [7, 11) is 1.84. The van der Waals surface area contributed by atoms with Crippen LogP contribution in [0, 0.1) is 0 Å². The molecular weight excluding hydrogens is 370 g/mol. The average molecular weight is 410 g/mol. The van der Waals surface area contributed by atoms with Crippen LogP contribution >= 0.6 is 11.3 Å². The molecule has 0 aliphatic carbocycles. The van der Waals surface area contributed by atoms with Crippen LogP contribution in [0.2, 0.25) is 0 Å². The van der Waals surface area contributed by atoms with Gasteiger partial charge in [0.15, 0.2) is 5.96 Å². The molecule has 0 aromatic carbocycles.